The fourth-order valence-electron chi connectivity index (χ4n) is 2.74. The third-order valence-electron chi connectivity index (χ3n) is 3.96. The third-order valence-corrected chi connectivity index (χ3v) is 3.96. The summed E-state index contributed by atoms with van der Waals surface area (Å²) in [5.41, 5.74) is 2.38. The molecule has 0 radical (unpaired) electrons. The number of aliphatic imine (C=N–C) groups is 2. The fourth-order valence-corrected chi connectivity index (χ4v) is 2.74. The van der Waals surface area contributed by atoms with E-state index in [9.17, 15) is 9.90 Å². The Morgan fingerprint density at radius 2 is 2.22 bits per heavy atom. The molecule has 0 saturated carbocycles. The molecule has 2 rings (SSSR count). The topological polar surface area (TPSA) is 62.0 Å². The fraction of sp³-hybridized carbons (Fsp3) is 0.421. The van der Waals surface area contributed by atoms with Gasteiger partial charge in [-0.15, -0.1) is 0 Å². The van der Waals surface area contributed by atoms with Gasteiger partial charge in [-0.2, -0.15) is 0 Å². The van der Waals surface area contributed by atoms with E-state index in [-0.39, 0.29) is 17.5 Å². The second-order valence-corrected chi connectivity index (χ2v) is 5.89. The molecule has 4 heteroatoms. The lowest BCUT2D eigenvalue weighted by Crippen LogP contribution is -2.22. The number of rotatable bonds is 5. The van der Waals surface area contributed by atoms with Crippen molar-refractivity contribution in [2.75, 3.05) is 6.54 Å². The van der Waals surface area contributed by atoms with Gasteiger partial charge in [-0.25, -0.2) is 0 Å². The zero-order valence-corrected chi connectivity index (χ0v) is 13.8. The Morgan fingerprint density at radius 1 is 1.39 bits per heavy atom. The molecule has 0 aromatic heterocycles. The minimum Gasteiger partial charge on any atom is -0.511 e. The smallest absolute Gasteiger partial charge is 0.168 e. The van der Waals surface area contributed by atoms with Gasteiger partial charge in [0, 0.05) is 31.0 Å². The SMILES string of the molecule is C/C=C\N=C(C)CN=CC1=C(O)CC(C2=CCCC=C2)CC1=O. The third kappa shape index (κ3) is 4.88. The van der Waals surface area contributed by atoms with Crippen molar-refractivity contribution in [2.24, 2.45) is 15.9 Å². The Kier molecular flexibility index (Phi) is 6.27. The quantitative estimate of drug-likeness (QED) is 0.776. The summed E-state index contributed by atoms with van der Waals surface area (Å²) in [6, 6.07) is 0. The number of hydrogen-bond acceptors (Lipinski definition) is 4. The van der Waals surface area contributed by atoms with Crippen LogP contribution in [0.3, 0.4) is 0 Å². The van der Waals surface area contributed by atoms with Crippen molar-refractivity contribution in [3.8, 4) is 0 Å². The summed E-state index contributed by atoms with van der Waals surface area (Å²) in [7, 11) is 0. The van der Waals surface area contributed by atoms with Gasteiger partial charge in [-0.3, -0.25) is 14.8 Å². The summed E-state index contributed by atoms with van der Waals surface area (Å²) in [5.74, 6) is 0.206. The maximum atomic E-state index is 12.3. The van der Waals surface area contributed by atoms with E-state index < -0.39 is 0 Å². The highest BCUT2D eigenvalue weighted by molar-refractivity contribution is 6.14. The molecule has 0 spiro atoms. The van der Waals surface area contributed by atoms with E-state index in [1.165, 1.54) is 11.8 Å². The van der Waals surface area contributed by atoms with E-state index in [1.54, 1.807) is 6.20 Å². The maximum Gasteiger partial charge on any atom is 0.168 e. The van der Waals surface area contributed by atoms with E-state index in [4.69, 9.17) is 0 Å². The molecule has 0 heterocycles. The van der Waals surface area contributed by atoms with Crippen molar-refractivity contribution in [1.29, 1.82) is 0 Å². The van der Waals surface area contributed by atoms with Crippen LogP contribution in [0.25, 0.3) is 0 Å². The Labute approximate surface area is 137 Å². The van der Waals surface area contributed by atoms with E-state index in [1.807, 2.05) is 19.9 Å². The highest BCUT2D eigenvalue weighted by Crippen LogP contribution is 2.32. The van der Waals surface area contributed by atoms with Gasteiger partial charge in [0.25, 0.3) is 0 Å². The first-order valence-electron chi connectivity index (χ1n) is 8.08. The first kappa shape index (κ1) is 17.1. The standard InChI is InChI=1S/C19H24N2O2/c1-3-9-21-14(2)12-20-13-17-18(22)10-16(11-19(17)23)15-7-5-4-6-8-15/h3,5,7-9,13,16,22H,4,6,10-12H2,1-2H3/b9-3-,20-13?,21-14?. The number of nitrogens with zero attached hydrogens (tertiary/aromatic N) is 2. The zero-order valence-electron chi connectivity index (χ0n) is 13.8. The van der Waals surface area contributed by atoms with Gasteiger partial charge in [0.15, 0.2) is 5.78 Å². The highest BCUT2D eigenvalue weighted by atomic mass is 16.3. The molecule has 0 fully saturated rings. The van der Waals surface area contributed by atoms with Crippen molar-refractivity contribution >= 4 is 17.7 Å². The average Bonchev–Trinajstić information content (AvgIpc) is 2.56. The predicted molar refractivity (Wildman–Crippen MR) is 95.1 cm³/mol. The summed E-state index contributed by atoms with van der Waals surface area (Å²) >= 11 is 0. The monoisotopic (exact) mass is 312 g/mol. The molecule has 4 nitrogen and oxygen atoms in total. The molecule has 2 aliphatic carbocycles. The normalized spacial score (nSPS) is 23.2. The van der Waals surface area contributed by atoms with Crippen molar-refractivity contribution in [3.63, 3.8) is 0 Å². The van der Waals surface area contributed by atoms with Crippen LogP contribution in [-0.4, -0.2) is 29.4 Å². The zero-order chi connectivity index (χ0) is 16.7. The number of carbonyl (C=O) groups excluding carboxylic acids is 1. The molecule has 2 aliphatic rings. The minimum absolute atomic E-state index is 0.0366. The first-order chi connectivity index (χ1) is 11.1. The second kappa shape index (κ2) is 8.42. The van der Waals surface area contributed by atoms with Crippen molar-refractivity contribution in [1.82, 2.24) is 0 Å². The molecule has 0 bridgehead atoms. The van der Waals surface area contributed by atoms with Crippen LogP contribution >= 0.6 is 0 Å². The Hall–Kier alpha value is -2.23. The number of aliphatic hydroxyl groups excluding tert-OH is 1. The van der Waals surface area contributed by atoms with Crippen LogP contribution in [-0.2, 0) is 4.79 Å². The van der Waals surface area contributed by atoms with Crippen LogP contribution in [0.2, 0.25) is 0 Å². The van der Waals surface area contributed by atoms with Crippen molar-refractivity contribution < 1.29 is 9.90 Å². The predicted octanol–water partition coefficient (Wildman–Crippen LogP) is 4.12. The summed E-state index contributed by atoms with van der Waals surface area (Å²) in [6.07, 6.45) is 14.4. The largest absolute Gasteiger partial charge is 0.511 e. The number of carbonyl (C=O) groups is 1. The van der Waals surface area contributed by atoms with Crippen LogP contribution < -0.4 is 0 Å². The van der Waals surface area contributed by atoms with E-state index in [0.29, 0.717) is 25.0 Å². The summed E-state index contributed by atoms with van der Waals surface area (Å²) < 4.78 is 0. The molecular weight excluding hydrogens is 288 g/mol. The van der Waals surface area contributed by atoms with Crippen molar-refractivity contribution in [2.45, 2.75) is 39.5 Å². The van der Waals surface area contributed by atoms with Crippen LogP contribution in [0.5, 0.6) is 0 Å². The number of ketones is 1. The number of Topliss-reactive ketones (excluding diaryl/α,β-unsaturated/α-hetero) is 1. The summed E-state index contributed by atoms with van der Waals surface area (Å²) in [6.45, 7) is 4.20. The molecule has 0 aromatic carbocycles. The first-order valence-corrected chi connectivity index (χ1v) is 8.08. The molecule has 0 amide bonds. The van der Waals surface area contributed by atoms with Crippen molar-refractivity contribution in [3.05, 3.63) is 47.4 Å². The highest BCUT2D eigenvalue weighted by Gasteiger charge is 2.28. The summed E-state index contributed by atoms with van der Waals surface area (Å²) in [4.78, 5) is 20.7. The molecule has 23 heavy (non-hydrogen) atoms. The van der Waals surface area contributed by atoms with Crippen LogP contribution in [0.15, 0.2) is 57.4 Å². The lowest BCUT2D eigenvalue weighted by molar-refractivity contribution is -0.116. The molecule has 0 aliphatic heterocycles. The Balaban J connectivity index is 2.03. The number of aliphatic hydroxyl groups is 1. The van der Waals surface area contributed by atoms with Gasteiger partial charge < -0.3 is 5.11 Å². The van der Waals surface area contributed by atoms with Crippen LogP contribution in [0.4, 0.5) is 0 Å². The molecular formula is C19H24N2O2. The van der Waals surface area contributed by atoms with Gasteiger partial charge in [-0.05, 0) is 38.2 Å². The van der Waals surface area contributed by atoms with Gasteiger partial charge >= 0.3 is 0 Å². The van der Waals surface area contributed by atoms with E-state index in [0.717, 1.165) is 18.6 Å². The number of hydrogen-bond donors (Lipinski definition) is 1. The van der Waals surface area contributed by atoms with Gasteiger partial charge in [0.1, 0.15) is 5.76 Å². The molecule has 1 unspecified atom stereocenters. The average molecular weight is 312 g/mol. The molecule has 0 saturated heterocycles. The maximum absolute atomic E-state index is 12.3. The van der Waals surface area contributed by atoms with Gasteiger partial charge in [0.05, 0.1) is 12.1 Å². The molecule has 1 N–H and O–H groups in total. The van der Waals surface area contributed by atoms with Crippen LogP contribution in [0.1, 0.15) is 39.5 Å². The number of allylic oxidation sites excluding steroid dienone is 7. The summed E-state index contributed by atoms with van der Waals surface area (Å²) in [5, 5.41) is 10.2. The second-order valence-electron chi connectivity index (χ2n) is 5.89. The van der Waals surface area contributed by atoms with Gasteiger partial charge in [0.2, 0.25) is 0 Å². The van der Waals surface area contributed by atoms with E-state index in [2.05, 4.69) is 28.2 Å². The van der Waals surface area contributed by atoms with E-state index >= 15 is 0 Å². The Bertz CT molecular complexity index is 634. The molecule has 122 valence electrons. The van der Waals surface area contributed by atoms with Gasteiger partial charge in [-0.1, -0.05) is 24.3 Å². The van der Waals surface area contributed by atoms with Crippen LogP contribution in [0, 0.1) is 5.92 Å². The lowest BCUT2D eigenvalue weighted by Gasteiger charge is -2.24. The lowest BCUT2D eigenvalue weighted by atomic mass is 9.81. The molecule has 1 atom stereocenters. The minimum atomic E-state index is -0.0366. The molecule has 0 aromatic rings. The Morgan fingerprint density at radius 3 is 2.87 bits per heavy atom.